The second kappa shape index (κ2) is 5.25. The Hall–Kier alpha value is -2.88. The topological polar surface area (TPSA) is 53.4 Å². The van der Waals surface area contributed by atoms with E-state index >= 15 is 0 Å². The van der Waals surface area contributed by atoms with E-state index < -0.39 is 5.97 Å². The summed E-state index contributed by atoms with van der Waals surface area (Å²) in [6.45, 7) is 0. The van der Waals surface area contributed by atoms with Gasteiger partial charge in [0.25, 0.3) is 0 Å². The number of para-hydroxylation sites is 1. The maximum absolute atomic E-state index is 11.3. The lowest BCUT2D eigenvalue weighted by atomic mass is 10.1. The molecular weight excluding hydrogens is 264 g/mol. The zero-order valence-electron chi connectivity index (χ0n) is 11.5. The third kappa shape index (κ3) is 2.31. The van der Waals surface area contributed by atoms with Crippen molar-refractivity contribution in [3.63, 3.8) is 0 Å². The number of nitrogens with zero attached hydrogens (tertiary/aromatic N) is 2. The summed E-state index contributed by atoms with van der Waals surface area (Å²) in [7, 11) is 1.92. The molecule has 0 saturated heterocycles. The normalized spacial score (nSPS) is 10.5. The van der Waals surface area contributed by atoms with Gasteiger partial charge < -0.3 is 10.0 Å². The Kier molecular flexibility index (Phi) is 3.28. The van der Waals surface area contributed by atoms with Crippen molar-refractivity contribution in [1.29, 1.82) is 0 Å². The molecule has 0 spiro atoms. The van der Waals surface area contributed by atoms with Crippen LogP contribution in [0.25, 0.3) is 10.8 Å². The molecule has 104 valence electrons. The molecule has 0 aliphatic heterocycles. The number of hydrogen-bond acceptors (Lipinski definition) is 3. The molecule has 0 aliphatic carbocycles. The highest BCUT2D eigenvalue weighted by Crippen LogP contribution is 2.30. The quantitative estimate of drug-likeness (QED) is 0.793. The van der Waals surface area contributed by atoms with Crippen LogP contribution in [0.4, 0.5) is 11.5 Å². The van der Waals surface area contributed by atoms with Crippen molar-refractivity contribution >= 4 is 28.2 Å². The number of carboxylic acids is 1. The predicted molar refractivity (Wildman–Crippen MR) is 83.2 cm³/mol. The minimum absolute atomic E-state index is 0.218. The van der Waals surface area contributed by atoms with Crippen LogP contribution in [-0.2, 0) is 0 Å². The van der Waals surface area contributed by atoms with Crippen molar-refractivity contribution in [2.75, 3.05) is 11.9 Å². The molecule has 21 heavy (non-hydrogen) atoms. The minimum atomic E-state index is -0.965. The van der Waals surface area contributed by atoms with E-state index in [1.165, 1.54) is 6.20 Å². The number of hydrogen-bond donors (Lipinski definition) is 1. The molecule has 3 aromatic rings. The fraction of sp³-hybridized carbons (Fsp3) is 0.0588. The van der Waals surface area contributed by atoms with Gasteiger partial charge in [0, 0.05) is 29.7 Å². The van der Waals surface area contributed by atoms with Crippen molar-refractivity contribution in [2.24, 2.45) is 0 Å². The molecule has 0 unspecified atom stereocenters. The number of benzene rings is 2. The lowest BCUT2D eigenvalue weighted by Crippen LogP contribution is -2.12. The SMILES string of the molecule is CN(c1ccccc1)c1ncc(C(=O)O)c2ccccc12. The number of aromatic carboxylic acids is 1. The van der Waals surface area contributed by atoms with Gasteiger partial charge in [-0.2, -0.15) is 0 Å². The summed E-state index contributed by atoms with van der Waals surface area (Å²) in [6.07, 6.45) is 1.42. The fourth-order valence-corrected chi connectivity index (χ4v) is 2.39. The molecule has 1 aromatic heterocycles. The molecule has 0 aliphatic rings. The van der Waals surface area contributed by atoms with E-state index in [0.717, 1.165) is 16.9 Å². The van der Waals surface area contributed by atoms with Crippen LogP contribution >= 0.6 is 0 Å². The number of aromatic nitrogens is 1. The Morgan fingerprint density at radius 2 is 1.62 bits per heavy atom. The summed E-state index contributed by atoms with van der Waals surface area (Å²) >= 11 is 0. The first-order valence-electron chi connectivity index (χ1n) is 6.58. The number of fused-ring (bicyclic) bond motifs is 1. The van der Waals surface area contributed by atoms with Crippen molar-refractivity contribution in [1.82, 2.24) is 4.98 Å². The highest BCUT2D eigenvalue weighted by molar-refractivity contribution is 6.07. The van der Waals surface area contributed by atoms with Crippen molar-refractivity contribution < 1.29 is 9.90 Å². The number of carbonyl (C=O) groups is 1. The zero-order valence-corrected chi connectivity index (χ0v) is 11.5. The van der Waals surface area contributed by atoms with E-state index in [9.17, 15) is 9.90 Å². The average Bonchev–Trinajstić information content (AvgIpc) is 2.54. The zero-order chi connectivity index (χ0) is 14.8. The van der Waals surface area contributed by atoms with E-state index in [1.807, 2.05) is 66.5 Å². The van der Waals surface area contributed by atoms with Gasteiger partial charge in [-0.15, -0.1) is 0 Å². The maximum atomic E-state index is 11.3. The van der Waals surface area contributed by atoms with Crippen LogP contribution < -0.4 is 4.90 Å². The third-order valence-corrected chi connectivity index (χ3v) is 3.47. The van der Waals surface area contributed by atoms with Gasteiger partial charge in [0.15, 0.2) is 0 Å². The summed E-state index contributed by atoms with van der Waals surface area (Å²) in [6, 6.07) is 17.3. The van der Waals surface area contributed by atoms with E-state index in [1.54, 1.807) is 0 Å². The van der Waals surface area contributed by atoms with Gasteiger partial charge in [-0.3, -0.25) is 0 Å². The molecule has 4 heteroatoms. The van der Waals surface area contributed by atoms with Gasteiger partial charge in [-0.05, 0) is 12.1 Å². The third-order valence-electron chi connectivity index (χ3n) is 3.47. The summed E-state index contributed by atoms with van der Waals surface area (Å²) < 4.78 is 0. The van der Waals surface area contributed by atoms with Crippen molar-refractivity contribution in [3.05, 3.63) is 66.4 Å². The van der Waals surface area contributed by atoms with Gasteiger partial charge >= 0.3 is 5.97 Å². The van der Waals surface area contributed by atoms with Gasteiger partial charge in [-0.25, -0.2) is 9.78 Å². The highest BCUT2D eigenvalue weighted by atomic mass is 16.4. The Balaban J connectivity index is 2.21. The predicted octanol–water partition coefficient (Wildman–Crippen LogP) is 3.70. The second-order valence-corrected chi connectivity index (χ2v) is 4.74. The Morgan fingerprint density at radius 1 is 1.00 bits per heavy atom. The molecule has 4 nitrogen and oxygen atoms in total. The highest BCUT2D eigenvalue weighted by Gasteiger charge is 2.15. The van der Waals surface area contributed by atoms with E-state index in [4.69, 9.17) is 0 Å². The van der Waals surface area contributed by atoms with E-state index in [-0.39, 0.29) is 5.56 Å². The van der Waals surface area contributed by atoms with E-state index in [0.29, 0.717) is 5.39 Å². The molecule has 0 atom stereocenters. The van der Waals surface area contributed by atoms with Crippen LogP contribution in [0.3, 0.4) is 0 Å². The second-order valence-electron chi connectivity index (χ2n) is 4.74. The fourth-order valence-electron chi connectivity index (χ4n) is 2.39. The Morgan fingerprint density at radius 3 is 2.29 bits per heavy atom. The lowest BCUT2D eigenvalue weighted by molar-refractivity contribution is 0.0698. The maximum Gasteiger partial charge on any atom is 0.337 e. The van der Waals surface area contributed by atoms with Gasteiger partial charge in [0.1, 0.15) is 5.82 Å². The molecule has 0 saturated carbocycles. The largest absolute Gasteiger partial charge is 0.478 e. The van der Waals surface area contributed by atoms with Gasteiger partial charge in [0.05, 0.1) is 5.56 Å². The molecule has 0 fully saturated rings. The van der Waals surface area contributed by atoms with Gasteiger partial charge in [0.2, 0.25) is 0 Å². The first kappa shape index (κ1) is 13.1. The number of pyridine rings is 1. The Labute approximate surface area is 122 Å². The Bertz CT molecular complexity index is 800. The number of rotatable bonds is 3. The number of carboxylic acid groups (broad SMARTS) is 1. The molecule has 1 heterocycles. The first-order chi connectivity index (χ1) is 10.2. The summed E-state index contributed by atoms with van der Waals surface area (Å²) in [5.74, 6) is -0.227. The molecule has 0 radical (unpaired) electrons. The van der Waals surface area contributed by atoms with Crippen LogP contribution in [0.15, 0.2) is 60.8 Å². The lowest BCUT2D eigenvalue weighted by Gasteiger charge is -2.20. The molecule has 1 N–H and O–H groups in total. The van der Waals surface area contributed by atoms with Crippen molar-refractivity contribution in [3.8, 4) is 0 Å². The smallest absolute Gasteiger partial charge is 0.337 e. The average molecular weight is 278 g/mol. The first-order valence-corrected chi connectivity index (χ1v) is 6.58. The van der Waals surface area contributed by atoms with Crippen LogP contribution in [0.5, 0.6) is 0 Å². The van der Waals surface area contributed by atoms with Crippen LogP contribution in [0.1, 0.15) is 10.4 Å². The molecule has 2 aromatic carbocycles. The van der Waals surface area contributed by atoms with Crippen LogP contribution in [-0.4, -0.2) is 23.1 Å². The van der Waals surface area contributed by atoms with Crippen LogP contribution in [0, 0.1) is 0 Å². The molecular formula is C17H14N2O2. The standard InChI is InChI=1S/C17H14N2O2/c1-19(12-7-3-2-4-8-12)16-14-10-6-5-9-13(14)15(11-18-16)17(20)21/h2-11H,1H3,(H,20,21). The van der Waals surface area contributed by atoms with Crippen molar-refractivity contribution in [2.45, 2.75) is 0 Å². The number of anilines is 2. The van der Waals surface area contributed by atoms with Gasteiger partial charge in [-0.1, -0.05) is 42.5 Å². The minimum Gasteiger partial charge on any atom is -0.478 e. The molecule has 0 amide bonds. The summed E-state index contributed by atoms with van der Waals surface area (Å²) in [5, 5.41) is 10.8. The summed E-state index contributed by atoms with van der Waals surface area (Å²) in [4.78, 5) is 17.6. The van der Waals surface area contributed by atoms with Crippen LogP contribution in [0.2, 0.25) is 0 Å². The summed E-state index contributed by atoms with van der Waals surface area (Å²) in [5.41, 5.74) is 1.22. The molecule has 0 bridgehead atoms. The monoisotopic (exact) mass is 278 g/mol. The molecule has 3 rings (SSSR count). The van der Waals surface area contributed by atoms with E-state index in [2.05, 4.69) is 4.98 Å².